The molecule has 0 bridgehead atoms. The first kappa shape index (κ1) is 9.70. The van der Waals surface area contributed by atoms with Crippen molar-refractivity contribution >= 4 is 0 Å². The van der Waals surface area contributed by atoms with Crippen LogP contribution in [0.3, 0.4) is 0 Å². The molecular weight excluding hydrogens is 122 g/mol. The largest absolute Gasteiger partial charge is 0.316 e. The van der Waals surface area contributed by atoms with Gasteiger partial charge in [0.15, 0.2) is 0 Å². The molecule has 0 unspecified atom stereocenters. The second-order valence-electron chi connectivity index (χ2n) is 2.84. The van der Waals surface area contributed by atoms with E-state index in [1.54, 1.807) is 0 Å². The summed E-state index contributed by atoms with van der Waals surface area (Å²) in [5.41, 5.74) is 3.03. The molecule has 0 heterocycles. The minimum atomic E-state index is 1.03. The van der Waals surface area contributed by atoms with Gasteiger partial charge in [0.25, 0.3) is 0 Å². The zero-order valence-corrected chi connectivity index (χ0v) is 7.62. The first-order valence-corrected chi connectivity index (χ1v) is 4.02. The topological polar surface area (TPSA) is 12.0 Å². The molecule has 10 heavy (non-hydrogen) atoms. The fourth-order valence-corrected chi connectivity index (χ4v) is 1.00. The first-order valence-electron chi connectivity index (χ1n) is 4.02. The zero-order valence-electron chi connectivity index (χ0n) is 7.62. The number of nitrogens with one attached hydrogen (secondary N) is 1. The van der Waals surface area contributed by atoms with Crippen molar-refractivity contribution in [2.45, 2.75) is 33.6 Å². The molecular formula is C9H19N. The predicted octanol–water partition coefficient (Wildman–Crippen LogP) is 2.34. The summed E-state index contributed by atoms with van der Waals surface area (Å²) in [5.74, 6) is 0. The molecule has 60 valence electrons. The molecule has 0 aliphatic carbocycles. The van der Waals surface area contributed by atoms with Crippen LogP contribution < -0.4 is 5.32 Å². The molecule has 0 aromatic rings. The van der Waals surface area contributed by atoms with Crippen LogP contribution in [-0.2, 0) is 0 Å². The number of likely N-dealkylation sites (N-methyl/N-ethyl adjacent to an activating group) is 1. The summed E-state index contributed by atoms with van der Waals surface area (Å²) in [6.07, 6.45) is 2.50. The molecule has 0 atom stereocenters. The molecule has 0 spiro atoms. The summed E-state index contributed by atoms with van der Waals surface area (Å²) in [5, 5.41) is 3.15. The lowest BCUT2D eigenvalue weighted by Gasteiger charge is -2.04. The molecule has 0 aromatic heterocycles. The summed E-state index contributed by atoms with van der Waals surface area (Å²) < 4.78 is 0. The lowest BCUT2D eigenvalue weighted by molar-refractivity contribution is 0.831. The molecule has 0 amide bonds. The molecule has 0 rings (SSSR count). The van der Waals surface area contributed by atoms with E-state index in [-0.39, 0.29) is 0 Å². The molecule has 1 nitrogen and oxygen atoms in total. The van der Waals surface area contributed by atoms with Gasteiger partial charge in [0.2, 0.25) is 0 Å². The average Bonchev–Trinajstić information content (AvgIpc) is 1.89. The molecule has 0 saturated heterocycles. The van der Waals surface area contributed by atoms with E-state index in [0.29, 0.717) is 0 Å². The Labute approximate surface area is 64.5 Å². The average molecular weight is 141 g/mol. The van der Waals surface area contributed by atoms with Crippen molar-refractivity contribution in [3.63, 3.8) is 0 Å². The van der Waals surface area contributed by atoms with Crippen LogP contribution in [0.2, 0.25) is 0 Å². The van der Waals surface area contributed by atoms with Crippen molar-refractivity contribution in [3.05, 3.63) is 11.1 Å². The highest BCUT2D eigenvalue weighted by Gasteiger charge is 1.93. The van der Waals surface area contributed by atoms with E-state index in [0.717, 1.165) is 6.54 Å². The maximum absolute atomic E-state index is 3.15. The van der Waals surface area contributed by atoms with Crippen LogP contribution in [0, 0.1) is 0 Å². The van der Waals surface area contributed by atoms with Crippen LogP contribution >= 0.6 is 0 Å². The predicted molar refractivity (Wildman–Crippen MR) is 47.2 cm³/mol. The Morgan fingerprint density at radius 1 is 1.20 bits per heavy atom. The summed E-state index contributed by atoms with van der Waals surface area (Å²) >= 11 is 0. The van der Waals surface area contributed by atoms with Crippen LogP contribution in [-0.4, -0.2) is 13.6 Å². The summed E-state index contributed by atoms with van der Waals surface area (Å²) in [7, 11) is 1.99. The Balaban J connectivity index is 3.79. The summed E-state index contributed by atoms with van der Waals surface area (Å²) in [6, 6.07) is 0. The fourth-order valence-electron chi connectivity index (χ4n) is 1.00. The highest BCUT2D eigenvalue weighted by atomic mass is 14.8. The Hall–Kier alpha value is -0.300. The molecule has 0 aliphatic heterocycles. The van der Waals surface area contributed by atoms with Gasteiger partial charge in [0.05, 0.1) is 0 Å². The zero-order chi connectivity index (χ0) is 7.98. The van der Waals surface area contributed by atoms with Crippen LogP contribution in [0.25, 0.3) is 0 Å². The van der Waals surface area contributed by atoms with Crippen LogP contribution in [0.15, 0.2) is 11.1 Å². The van der Waals surface area contributed by atoms with Gasteiger partial charge in [-0.05, 0) is 27.3 Å². The quantitative estimate of drug-likeness (QED) is 0.592. The third-order valence-corrected chi connectivity index (χ3v) is 1.80. The summed E-state index contributed by atoms with van der Waals surface area (Å²) in [6.45, 7) is 7.67. The van der Waals surface area contributed by atoms with Gasteiger partial charge in [-0.2, -0.15) is 0 Å². The number of rotatable bonds is 4. The summed E-state index contributed by atoms with van der Waals surface area (Å²) in [4.78, 5) is 0. The van der Waals surface area contributed by atoms with E-state index in [1.807, 2.05) is 7.05 Å². The van der Waals surface area contributed by atoms with E-state index < -0.39 is 0 Å². The second-order valence-corrected chi connectivity index (χ2v) is 2.84. The van der Waals surface area contributed by atoms with E-state index in [2.05, 4.69) is 26.1 Å². The smallest absolute Gasteiger partial charge is 0.0161 e. The van der Waals surface area contributed by atoms with Crippen molar-refractivity contribution < 1.29 is 0 Å². The molecule has 1 heteroatoms. The Morgan fingerprint density at radius 3 is 2.20 bits per heavy atom. The van der Waals surface area contributed by atoms with Gasteiger partial charge in [0.1, 0.15) is 0 Å². The van der Waals surface area contributed by atoms with E-state index in [4.69, 9.17) is 0 Å². The van der Waals surface area contributed by atoms with Gasteiger partial charge in [-0.3, -0.25) is 0 Å². The van der Waals surface area contributed by atoms with Gasteiger partial charge in [-0.1, -0.05) is 24.5 Å². The normalized spacial score (nSPS) is 13.2. The van der Waals surface area contributed by atoms with Crippen molar-refractivity contribution in [2.75, 3.05) is 13.6 Å². The third kappa shape index (κ3) is 3.67. The van der Waals surface area contributed by atoms with E-state index >= 15 is 0 Å². The molecule has 1 N–H and O–H groups in total. The van der Waals surface area contributed by atoms with Gasteiger partial charge < -0.3 is 5.32 Å². The highest BCUT2D eigenvalue weighted by molar-refractivity contribution is 5.10. The fraction of sp³-hybridized carbons (Fsp3) is 0.778. The first-order chi connectivity index (χ1) is 4.72. The minimum absolute atomic E-state index is 1.03. The van der Waals surface area contributed by atoms with E-state index in [1.165, 1.54) is 24.0 Å². The molecule has 0 aromatic carbocycles. The van der Waals surface area contributed by atoms with Crippen molar-refractivity contribution in [1.29, 1.82) is 0 Å². The maximum Gasteiger partial charge on any atom is 0.0161 e. The Kier molecular flexibility index (Phi) is 5.32. The molecule has 0 fully saturated rings. The molecule has 0 saturated carbocycles. The lowest BCUT2D eigenvalue weighted by atomic mass is 10.1. The van der Waals surface area contributed by atoms with Crippen molar-refractivity contribution in [3.8, 4) is 0 Å². The van der Waals surface area contributed by atoms with Gasteiger partial charge in [0, 0.05) is 6.54 Å². The second kappa shape index (κ2) is 5.48. The minimum Gasteiger partial charge on any atom is -0.316 e. The number of allylic oxidation sites excluding steroid dienone is 1. The van der Waals surface area contributed by atoms with Gasteiger partial charge >= 0.3 is 0 Å². The highest BCUT2D eigenvalue weighted by Crippen LogP contribution is 2.08. The third-order valence-electron chi connectivity index (χ3n) is 1.80. The lowest BCUT2D eigenvalue weighted by Crippen LogP contribution is -2.09. The number of hydrogen-bond acceptors (Lipinski definition) is 1. The van der Waals surface area contributed by atoms with Crippen molar-refractivity contribution in [1.82, 2.24) is 5.32 Å². The van der Waals surface area contributed by atoms with Crippen LogP contribution in [0.5, 0.6) is 0 Å². The Morgan fingerprint density at radius 2 is 1.80 bits per heavy atom. The molecule has 0 aliphatic rings. The maximum atomic E-state index is 3.15. The molecule has 0 radical (unpaired) electrons. The SMILES string of the molecule is CCC/C(C)=C(\C)CNC. The van der Waals surface area contributed by atoms with Crippen molar-refractivity contribution in [2.24, 2.45) is 0 Å². The number of hydrogen-bond donors (Lipinski definition) is 1. The van der Waals surface area contributed by atoms with Crippen LogP contribution in [0.4, 0.5) is 0 Å². The van der Waals surface area contributed by atoms with Crippen LogP contribution in [0.1, 0.15) is 33.6 Å². The van der Waals surface area contributed by atoms with E-state index in [9.17, 15) is 0 Å². The van der Waals surface area contributed by atoms with Gasteiger partial charge in [-0.25, -0.2) is 0 Å². The monoisotopic (exact) mass is 141 g/mol. The standard InChI is InChI=1S/C9H19N/c1-5-6-8(2)9(3)7-10-4/h10H,5-7H2,1-4H3/b9-8+. The Bertz CT molecular complexity index is 99.9. The van der Waals surface area contributed by atoms with Gasteiger partial charge in [-0.15, -0.1) is 0 Å².